The van der Waals surface area contributed by atoms with E-state index >= 15 is 0 Å². The predicted octanol–water partition coefficient (Wildman–Crippen LogP) is 4.98. The van der Waals surface area contributed by atoms with Gasteiger partial charge in [-0.1, -0.05) is 0 Å². The van der Waals surface area contributed by atoms with Gasteiger partial charge in [-0.05, 0) is 68.5 Å². The van der Waals surface area contributed by atoms with Crippen molar-refractivity contribution in [3.8, 4) is 0 Å². The van der Waals surface area contributed by atoms with Crippen molar-refractivity contribution in [2.45, 2.75) is 64.1 Å². The fraction of sp³-hybridized carbons (Fsp3) is 0.588. The molecule has 1 amide bonds. The summed E-state index contributed by atoms with van der Waals surface area (Å²) >= 11 is 3.06. The molecule has 0 bridgehead atoms. The van der Waals surface area contributed by atoms with Crippen molar-refractivity contribution >= 4 is 27.7 Å². The molecule has 2 N–H and O–H groups in total. The summed E-state index contributed by atoms with van der Waals surface area (Å²) in [6.45, 7) is 5.44. The van der Waals surface area contributed by atoms with Gasteiger partial charge in [0.1, 0.15) is 17.2 Å². The van der Waals surface area contributed by atoms with Crippen LogP contribution in [0.1, 0.15) is 46.5 Å². The standard InChI is InChI=1S/C17H23BrF2N2O2/c1-17(2,3)24-16(23)22-11-6-4-5-10(7-11)21-15-8-12(18)13(19)9-14(15)20/h8-11,21H,4-7H2,1-3H3,(H,22,23). The molecule has 0 saturated heterocycles. The molecule has 2 unspecified atom stereocenters. The molecular formula is C17H23BrF2N2O2. The summed E-state index contributed by atoms with van der Waals surface area (Å²) in [6.07, 6.45) is 2.84. The molecule has 0 aromatic heterocycles. The maximum absolute atomic E-state index is 13.9. The zero-order valence-corrected chi connectivity index (χ0v) is 15.7. The highest BCUT2D eigenvalue weighted by Crippen LogP contribution is 2.27. The highest BCUT2D eigenvalue weighted by Gasteiger charge is 2.26. The molecule has 0 aliphatic heterocycles. The molecule has 1 saturated carbocycles. The lowest BCUT2D eigenvalue weighted by molar-refractivity contribution is 0.0492. The molecule has 1 aromatic carbocycles. The number of benzene rings is 1. The first-order chi connectivity index (χ1) is 11.1. The molecular weight excluding hydrogens is 382 g/mol. The number of carbonyl (C=O) groups is 1. The topological polar surface area (TPSA) is 50.4 Å². The summed E-state index contributed by atoms with van der Waals surface area (Å²) in [5.74, 6) is -1.26. The quantitative estimate of drug-likeness (QED) is 0.698. The van der Waals surface area contributed by atoms with E-state index in [1.54, 1.807) is 0 Å². The largest absolute Gasteiger partial charge is 0.444 e. The van der Waals surface area contributed by atoms with Crippen LogP contribution in [0.25, 0.3) is 0 Å². The number of anilines is 1. The summed E-state index contributed by atoms with van der Waals surface area (Å²) in [5.41, 5.74) is -0.286. The van der Waals surface area contributed by atoms with Gasteiger partial charge in [-0.3, -0.25) is 0 Å². The number of rotatable bonds is 3. The number of hydrogen-bond donors (Lipinski definition) is 2. The number of carbonyl (C=O) groups excluding carboxylic acids is 1. The Morgan fingerprint density at radius 3 is 2.54 bits per heavy atom. The molecule has 24 heavy (non-hydrogen) atoms. The maximum Gasteiger partial charge on any atom is 0.407 e. The first-order valence-electron chi connectivity index (χ1n) is 8.04. The average Bonchev–Trinajstić information content (AvgIpc) is 2.43. The van der Waals surface area contributed by atoms with Crippen LogP contribution in [0.5, 0.6) is 0 Å². The Kier molecular flexibility index (Phi) is 6.06. The van der Waals surface area contributed by atoms with E-state index in [0.29, 0.717) is 6.42 Å². The van der Waals surface area contributed by atoms with Gasteiger partial charge in [-0.2, -0.15) is 0 Å². The van der Waals surface area contributed by atoms with Crippen molar-refractivity contribution in [2.75, 3.05) is 5.32 Å². The average molecular weight is 405 g/mol. The molecule has 134 valence electrons. The van der Waals surface area contributed by atoms with Crippen LogP contribution < -0.4 is 10.6 Å². The smallest absolute Gasteiger partial charge is 0.407 e. The second-order valence-corrected chi connectivity index (χ2v) is 7.95. The van der Waals surface area contributed by atoms with E-state index in [-0.39, 0.29) is 22.2 Å². The Morgan fingerprint density at radius 2 is 1.88 bits per heavy atom. The van der Waals surface area contributed by atoms with Crippen LogP contribution in [0, 0.1) is 11.6 Å². The van der Waals surface area contributed by atoms with Gasteiger partial charge in [-0.15, -0.1) is 0 Å². The minimum Gasteiger partial charge on any atom is -0.444 e. The fourth-order valence-corrected chi connectivity index (χ4v) is 3.12. The van der Waals surface area contributed by atoms with Crippen LogP contribution in [0.2, 0.25) is 0 Å². The first kappa shape index (κ1) is 19.0. The normalized spacial score (nSPS) is 21.2. The Morgan fingerprint density at radius 1 is 1.21 bits per heavy atom. The lowest BCUT2D eigenvalue weighted by Crippen LogP contribution is -2.43. The second-order valence-electron chi connectivity index (χ2n) is 7.10. The van der Waals surface area contributed by atoms with Crippen LogP contribution >= 0.6 is 15.9 Å². The van der Waals surface area contributed by atoms with Crippen LogP contribution in [0.4, 0.5) is 19.3 Å². The molecule has 0 radical (unpaired) electrons. The molecule has 0 spiro atoms. The third-order valence-corrected chi connectivity index (χ3v) is 4.37. The Labute approximate surface area is 149 Å². The molecule has 0 heterocycles. The Hall–Kier alpha value is -1.37. The molecule has 7 heteroatoms. The van der Waals surface area contributed by atoms with Crippen molar-refractivity contribution in [3.05, 3.63) is 28.2 Å². The summed E-state index contributed by atoms with van der Waals surface area (Å²) in [6, 6.07) is 2.23. The number of halogens is 3. The van der Waals surface area contributed by atoms with Gasteiger partial charge in [0.05, 0.1) is 10.2 Å². The van der Waals surface area contributed by atoms with Crippen LogP contribution in [-0.4, -0.2) is 23.8 Å². The molecule has 2 atom stereocenters. The molecule has 2 rings (SSSR count). The lowest BCUT2D eigenvalue weighted by Gasteiger charge is -2.31. The van der Waals surface area contributed by atoms with Crippen LogP contribution in [0.3, 0.4) is 0 Å². The predicted molar refractivity (Wildman–Crippen MR) is 93.1 cm³/mol. The molecule has 1 aliphatic rings. The number of amides is 1. The molecule has 1 aliphatic carbocycles. The van der Waals surface area contributed by atoms with E-state index in [2.05, 4.69) is 26.6 Å². The van der Waals surface area contributed by atoms with Crippen molar-refractivity contribution in [2.24, 2.45) is 0 Å². The second kappa shape index (κ2) is 7.68. The zero-order chi connectivity index (χ0) is 17.9. The lowest BCUT2D eigenvalue weighted by atomic mass is 9.91. The molecule has 1 fully saturated rings. The molecule has 4 nitrogen and oxygen atoms in total. The monoisotopic (exact) mass is 404 g/mol. The van der Waals surface area contributed by atoms with E-state index < -0.39 is 23.3 Å². The van der Waals surface area contributed by atoms with Gasteiger partial charge in [0.15, 0.2) is 0 Å². The minimum atomic E-state index is -0.633. The summed E-state index contributed by atoms with van der Waals surface area (Å²) in [5, 5.41) is 5.97. The third kappa shape index (κ3) is 5.61. The van der Waals surface area contributed by atoms with Gasteiger partial charge >= 0.3 is 6.09 Å². The highest BCUT2D eigenvalue weighted by atomic mass is 79.9. The van der Waals surface area contributed by atoms with Gasteiger partial charge in [0.2, 0.25) is 0 Å². The van der Waals surface area contributed by atoms with Gasteiger partial charge in [-0.25, -0.2) is 13.6 Å². The van der Waals surface area contributed by atoms with E-state index in [9.17, 15) is 13.6 Å². The minimum absolute atomic E-state index is 0.00514. The van der Waals surface area contributed by atoms with E-state index in [4.69, 9.17) is 4.74 Å². The number of ether oxygens (including phenoxy) is 1. The van der Waals surface area contributed by atoms with Crippen LogP contribution in [-0.2, 0) is 4.74 Å². The highest BCUT2D eigenvalue weighted by molar-refractivity contribution is 9.10. The number of nitrogens with one attached hydrogen (secondary N) is 2. The number of alkyl carbamates (subject to hydrolysis) is 1. The Bertz CT molecular complexity index is 605. The van der Waals surface area contributed by atoms with Crippen molar-refractivity contribution in [1.82, 2.24) is 5.32 Å². The van der Waals surface area contributed by atoms with E-state index in [1.165, 1.54) is 6.07 Å². The van der Waals surface area contributed by atoms with E-state index in [0.717, 1.165) is 25.3 Å². The molecule has 1 aromatic rings. The number of hydrogen-bond acceptors (Lipinski definition) is 3. The third-order valence-electron chi connectivity index (χ3n) is 3.76. The summed E-state index contributed by atoms with van der Waals surface area (Å²) in [4.78, 5) is 11.9. The van der Waals surface area contributed by atoms with Gasteiger partial charge in [0.25, 0.3) is 0 Å². The Balaban J connectivity index is 1.94. The first-order valence-corrected chi connectivity index (χ1v) is 8.84. The van der Waals surface area contributed by atoms with E-state index in [1.807, 2.05) is 20.8 Å². The van der Waals surface area contributed by atoms with Gasteiger partial charge < -0.3 is 15.4 Å². The maximum atomic E-state index is 13.9. The SMILES string of the molecule is CC(C)(C)OC(=O)NC1CCCC(Nc2cc(Br)c(F)cc2F)C1. The fourth-order valence-electron chi connectivity index (χ4n) is 2.78. The summed E-state index contributed by atoms with van der Waals surface area (Å²) in [7, 11) is 0. The zero-order valence-electron chi connectivity index (χ0n) is 14.1. The van der Waals surface area contributed by atoms with Crippen molar-refractivity contribution < 1.29 is 18.3 Å². The van der Waals surface area contributed by atoms with Crippen LogP contribution in [0.15, 0.2) is 16.6 Å². The summed E-state index contributed by atoms with van der Waals surface area (Å²) < 4.78 is 32.6. The van der Waals surface area contributed by atoms with Crippen molar-refractivity contribution in [3.63, 3.8) is 0 Å². The van der Waals surface area contributed by atoms with Gasteiger partial charge in [0, 0.05) is 18.2 Å². The van der Waals surface area contributed by atoms with Crippen molar-refractivity contribution in [1.29, 1.82) is 0 Å².